The first-order chi connectivity index (χ1) is 4.23. The fourth-order valence-electron chi connectivity index (χ4n) is 0.167. The minimum Gasteiger partial charge on any atom is -0.288 e. The molecule has 9 heavy (non-hydrogen) atoms. The molecule has 0 aliphatic heterocycles. The first-order valence-corrected chi connectivity index (χ1v) is 2.66. The maximum Gasteiger partial charge on any atom is 0.182 e. The average Bonchev–Trinajstić information content (AvgIpc) is 2.11. The topological polar surface area (TPSA) is 58.6 Å². The van der Waals surface area contributed by atoms with Crippen molar-refractivity contribution in [2.45, 2.75) is 6.92 Å². The van der Waals surface area contributed by atoms with Gasteiger partial charge in [0.05, 0.1) is 0 Å². The Kier molecular flexibility index (Phi) is 4.81. The molecule has 0 bridgehead atoms. The summed E-state index contributed by atoms with van der Waals surface area (Å²) in [7, 11) is 0. The van der Waals surface area contributed by atoms with E-state index in [2.05, 4.69) is 27.8 Å². The van der Waals surface area contributed by atoms with E-state index >= 15 is 0 Å². The molecule has 1 aromatic heterocycles. The van der Waals surface area contributed by atoms with Gasteiger partial charge in [-0.2, -0.15) is 5.10 Å². The third-order valence-corrected chi connectivity index (χ3v) is 0.331. The standard InChI is InChI=1S/C2H3N3.C2H4OS/c1-3-2-5-4-1;1-2(3)4/h1-2H,(H,3,4,5);1H3,(H,3,4). The first-order valence-electron chi connectivity index (χ1n) is 2.21. The number of carbonyl (C=O) groups excluding carboxylic acids is 1. The second-order valence-electron chi connectivity index (χ2n) is 1.17. The van der Waals surface area contributed by atoms with Crippen molar-refractivity contribution in [2.75, 3.05) is 0 Å². The van der Waals surface area contributed by atoms with Crippen molar-refractivity contribution in [1.29, 1.82) is 0 Å². The van der Waals surface area contributed by atoms with Gasteiger partial charge < -0.3 is 0 Å². The van der Waals surface area contributed by atoms with Gasteiger partial charge in [0.1, 0.15) is 12.7 Å². The highest BCUT2D eigenvalue weighted by Crippen LogP contribution is 1.66. The monoisotopic (exact) mass is 145 g/mol. The van der Waals surface area contributed by atoms with Crippen molar-refractivity contribution in [2.24, 2.45) is 0 Å². The third kappa shape index (κ3) is 11.0. The van der Waals surface area contributed by atoms with E-state index in [-0.39, 0.29) is 5.12 Å². The van der Waals surface area contributed by atoms with Crippen molar-refractivity contribution < 1.29 is 4.79 Å². The van der Waals surface area contributed by atoms with Gasteiger partial charge in [-0.05, 0) is 0 Å². The molecule has 0 saturated carbocycles. The summed E-state index contributed by atoms with van der Waals surface area (Å²) in [6.07, 6.45) is 2.96. The lowest BCUT2D eigenvalue weighted by atomic mass is 10.9. The lowest BCUT2D eigenvalue weighted by Crippen LogP contribution is -1.62. The van der Waals surface area contributed by atoms with Gasteiger partial charge in [0.2, 0.25) is 0 Å². The third-order valence-electron chi connectivity index (χ3n) is 0.331. The summed E-state index contributed by atoms with van der Waals surface area (Å²) in [6, 6.07) is 0. The van der Waals surface area contributed by atoms with E-state index in [0.29, 0.717) is 0 Å². The number of carbonyl (C=O) groups is 1. The van der Waals surface area contributed by atoms with Gasteiger partial charge in [-0.1, -0.05) is 0 Å². The number of hydrogen-bond donors (Lipinski definition) is 2. The minimum absolute atomic E-state index is 0.139. The minimum atomic E-state index is -0.139. The van der Waals surface area contributed by atoms with Gasteiger partial charge in [0.25, 0.3) is 0 Å². The van der Waals surface area contributed by atoms with Gasteiger partial charge >= 0.3 is 0 Å². The van der Waals surface area contributed by atoms with Crippen LogP contribution in [-0.4, -0.2) is 20.3 Å². The number of aromatic nitrogens is 3. The van der Waals surface area contributed by atoms with Crippen molar-refractivity contribution >= 4 is 17.7 Å². The zero-order chi connectivity index (χ0) is 7.11. The highest BCUT2D eigenvalue weighted by atomic mass is 32.1. The van der Waals surface area contributed by atoms with Crippen molar-refractivity contribution in [3.8, 4) is 0 Å². The molecule has 0 saturated heterocycles. The smallest absolute Gasteiger partial charge is 0.182 e. The van der Waals surface area contributed by atoms with Crippen LogP contribution < -0.4 is 0 Å². The second kappa shape index (κ2) is 5.30. The Morgan fingerprint density at radius 2 is 2.33 bits per heavy atom. The second-order valence-corrected chi connectivity index (χ2v) is 1.80. The van der Waals surface area contributed by atoms with Crippen LogP contribution in [0.15, 0.2) is 12.7 Å². The number of nitrogens with zero attached hydrogens (tertiary/aromatic N) is 2. The summed E-state index contributed by atoms with van der Waals surface area (Å²) >= 11 is 3.33. The normalized spacial score (nSPS) is 7.33. The Balaban J connectivity index is 0.000000148. The van der Waals surface area contributed by atoms with Gasteiger partial charge in [-0.25, -0.2) is 4.98 Å². The summed E-state index contributed by atoms with van der Waals surface area (Å²) in [5.74, 6) is 0. The van der Waals surface area contributed by atoms with Crippen LogP contribution in [0, 0.1) is 0 Å². The van der Waals surface area contributed by atoms with Gasteiger partial charge in [0.15, 0.2) is 5.12 Å². The maximum absolute atomic E-state index is 9.31. The Bertz CT molecular complexity index is 130. The molecule has 0 aliphatic rings. The Labute approximate surface area is 58.1 Å². The van der Waals surface area contributed by atoms with Crippen LogP contribution in [0.2, 0.25) is 0 Å². The van der Waals surface area contributed by atoms with Crippen LogP contribution in [0.1, 0.15) is 6.92 Å². The van der Waals surface area contributed by atoms with Crippen molar-refractivity contribution in [3.05, 3.63) is 12.7 Å². The molecule has 0 amide bonds. The van der Waals surface area contributed by atoms with E-state index in [9.17, 15) is 4.79 Å². The molecule has 1 heterocycles. The van der Waals surface area contributed by atoms with Gasteiger partial charge in [-0.3, -0.25) is 9.89 Å². The number of hydrogen-bond acceptors (Lipinski definition) is 3. The summed E-state index contributed by atoms with van der Waals surface area (Å²) in [6.45, 7) is 1.39. The van der Waals surface area contributed by atoms with Crippen LogP contribution in [0.25, 0.3) is 0 Å². The fourth-order valence-corrected chi connectivity index (χ4v) is 0.167. The molecular weight excluding hydrogens is 138 g/mol. The lowest BCUT2D eigenvalue weighted by Gasteiger charge is -1.55. The summed E-state index contributed by atoms with van der Waals surface area (Å²) in [5.41, 5.74) is 0. The zero-order valence-corrected chi connectivity index (χ0v) is 5.80. The van der Waals surface area contributed by atoms with Gasteiger partial charge in [0, 0.05) is 6.92 Å². The van der Waals surface area contributed by atoms with Crippen LogP contribution in [0.3, 0.4) is 0 Å². The molecule has 0 radical (unpaired) electrons. The van der Waals surface area contributed by atoms with E-state index in [4.69, 9.17) is 0 Å². The van der Waals surface area contributed by atoms with E-state index in [1.807, 2.05) is 0 Å². The molecule has 4 nitrogen and oxygen atoms in total. The molecule has 1 rings (SSSR count). The molecule has 1 aromatic rings. The molecule has 5 heteroatoms. The SMILES string of the molecule is CC(=O)S.c1nc[nH]n1. The predicted octanol–water partition coefficient (Wildman–Crippen LogP) is 0.267. The fraction of sp³-hybridized carbons (Fsp3) is 0.250. The zero-order valence-electron chi connectivity index (χ0n) is 4.90. The molecule has 0 aromatic carbocycles. The van der Waals surface area contributed by atoms with Crippen LogP contribution in [-0.2, 0) is 4.79 Å². The molecule has 0 unspecified atom stereocenters. The van der Waals surface area contributed by atoms with E-state index in [1.54, 1.807) is 0 Å². The molecule has 1 N–H and O–H groups in total. The number of rotatable bonds is 0. The van der Waals surface area contributed by atoms with E-state index in [1.165, 1.54) is 19.6 Å². The predicted molar refractivity (Wildman–Crippen MR) is 36.0 cm³/mol. The highest BCUT2D eigenvalue weighted by molar-refractivity contribution is 7.96. The quantitative estimate of drug-likeness (QED) is 0.515. The van der Waals surface area contributed by atoms with Crippen molar-refractivity contribution in [1.82, 2.24) is 15.2 Å². The molecule has 0 atom stereocenters. The molecular formula is C4H7N3OS. The summed E-state index contributed by atoms with van der Waals surface area (Å²) in [4.78, 5) is 12.9. The lowest BCUT2D eigenvalue weighted by molar-refractivity contribution is -0.108. The maximum atomic E-state index is 9.31. The number of H-pyrrole nitrogens is 1. The van der Waals surface area contributed by atoms with E-state index in [0.717, 1.165) is 0 Å². The molecule has 50 valence electrons. The summed E-state index contributed by atoms with van der Waals surface area (Å²) < 4.78 is 0. The Hall–Kier alpha value is -0.840. The van der Waals surface area contributed by atoms with E-state index < -0.39 is 0 Å². The molecule has 0 spiro atoms. The molecule has 0 aliphatic carbocycles. The van der Waals surface area contributed by atoms with Crippen LogP contribution >= 0.6 is 12.6 Å². The molecule has 0 fully saturated rings. The highest BCUT2D eigenvalue weighted by Gasteiger charge is 1.63. The van der Waals surface area contributed by atoms with Crippen LogP contribution in [0.5, 0.6) is 0 Å². The Morgan fingerprint density at radius 1 is 1.78 bits per heavy atom. The number of aromatic amines is 1. The largest absolute Gasteiger partial charge is 0.288 e. The van der Waals surface area contributed by atoms with Crippen molar-refractivity contribution in [3.63, 3.8) is 0 Å². The first kappa shape index (κ1) is 8.16. The number of nitrogens with one attached hydrogen (secondary N) is 1. The number of thiol groups is 1. The summed E-state index contributed by atoms with van der Waals surface area (Å²) in [5, 5.41) is 5.85. The Morgan fingerprint density at radius 3 is 2.44 bits per heavy atom. The van der Waals surface area contributed by atoms with Gasteiger partial charge in [-0.15, -0.1) is 12.6 Å². The van der Waals surface area contributed by atoms with Crippen LogP contribution in [0.4, 0.5) is 0 Å². The average molecular weight is 145 g/mol.